The molecule has 0 aromatic heterocycles. The lowest BCUT2D eigenvalue weighted by molar-refractivity contribution is -0.137. The molecule has 0 spiro atoms. The predicted molar refractivity (Wildman–Crippen MR) is 130 cm³/mol. The molecule has 2 heterocycles. The van der Waals surface area contributed by atoms with Crippen molar-refractivity contribution in [2.75, 3.05) is 25.0 Å². The SMILES string of the molecule is CCCN1CCC(Nc2cc(C(F)(F)F)cc3c2Cc2ccc(C4=CCCC4)cc2S3)CC1. The maximum atomic E-state index is 13.8. The van der Waals surface area contributed by atoms with Crippen LogP contribution in [0.1, 0.15) is 67.7 Å². The van der Waals surface area contributed by atoms with Crippen LogP contribution < -0.4 is 5.32 Å². The molecule has 1 aliphatic carbocycles. The van der Waals surface area contributed by atoms with Gasteiger partial charge in [-0.2, -0.15) is 13.2 Å². The van der Waals surface area contributed by atoms with Gasteiger partial charge >= 0.3 is 6.18 Å². The van der Waals surface area contributed by atoms with Crippen molar-refractivity contribution in [1.29, 1.82) is 0 Å². The van der Waals surface area contributed by atoms with Crippen molar-refractivity contribution in [1.82, 2.24) is 4.90 Å². The van der Waals surface area contributed by atoms with Crippen molar-refractivity contribution in [3.8, 4) is 0 Å². The molecule has 0 saturated carbocycles. The zero-order chi connectivity index (χ0) is 23.0. The molecule has 176 valence electrons. The Morgan fingerprint density at radius 3 is 2.61 bits per heavy atom. The van der Waals surface area contributed by atoms with Gasteiger partial charge in [0.1, 0.15) is 0 Å². The van der Waals surface area contributed by atoms with Crippen LogP contribution in [0.25, 0.3) is 5.57 Å². The van der Waals surface area contributed by atoms with E-state index in [0.717, 1.165) is 67.1 Å². The maximum absolute atomic E-state index is 13.8. The Kier molecular flexibility index (Phi) is 6.49. The highest BCUT2D eigenvalue weighted by molar-refractivity contribution is 7.99. The van der Waals surface area contributed by atoms with Crippen LogP contribution >= 0.6 is 11.8 Å². The number of likely N-dealkylation sites (tertiary alicyclic amines) is 1. The van der Waals surface area contributed by atoms with E-state index < -0.39 is 11.7 Å². The number of allylic oxidation sites excluding steroid dienone is 2. The minimum absolute atomic E-state index is 0.216. The van der Waals surface area contributed by atoms with Crippen molar-refractivity contribution >= 4 is 23.0 Å². The van der Waals surface area contributed by atoms with Gasteiger partial charge in [0.2, 0.25) is 0 Å². The second kappa shape index (κ2) is 9.38. The first-order chi connectivity index (χ1) is 15.9. The molecule has 2 nitrogen and oxygen atoms in total. The van der Waals surface area contributed by atoms with Gasteiger partial charge in [0.05, 0.1) is 5.56 Å². The number of piperidine rings is 1. The molecule has 2 aliphatic heterocycles. The van der Waals surface area contributed by atoms with E-state index in [1.807, 2.05) is 0 Å². The summed E-state index contributed by atoms with van der Waals surface area (Å²) in [5.41, 5.74) is 4.89. The minimum atomic E-state index is -4.35. The molecule has 33 heavy (non-hydrogen) atoms. The van der Waals surface area contributed by atoms with Crippen LogP contribution in [0.4, 0.5) is 18.9 Å². The van der Waals surface area contributed by atoms with Gasteiger partial charge in [-0.05, 0) is 85.5 Å². The van der Waals surface area contributed by atoms with E-state index in [1.165, 1.54) is 47.0 Å². The number of halogens is 3. The van der Waals surface area contributed by atoms with Gasteiger partial charge in [-0.3, -0.25) is 0 Å². The Morgan fingerprint density at radius 2 is 1.91 bits per heavy atom. The first-order valence-corrected chi connectivity index (χ1v) is 13.0. The third-order valence-electron chi connectivity index (χ3n) is 7.09. The number of nitrogens with one attached hydrogen (secondary N) is 1. The van der Waals surface area contributed by atoms with Gasteiger partial charge in [-0.1, -0.05) is 36.9 Å². The zero-order valence-electron chi connectivity index (χ0n) is 19.1. The monoisotopic (exact) mass is 472 g/mol. The molecule has 2 aromatic carbocycles. The van der Waals surface area contributed by atoms with Crippen LogP contribution in [0.3, 0.4) is 0 Å². The second-order valence-corrected chi connectivity index (χ2v) is 10.6. The molecule has 1 fully saturated rings. The minimum Gasteiger partial charge on any atom is -0.382 e. The summed E-state index contributed by atoms with van der Waals surface area (Å²) in [6.45, 7) is 5.28. The standard InChI is InChI=1S/C27H31F3N2S/c1-2-11-32-12-9-22(10-13-32)31-24-16-21(27(28,29)30)17-26-23(24)14-20-8-7-19(15-25(20)33-26)18-5-3-4-6-18/h5,7-8,15-17,22,31H,2-4,6,9-14H2,1H3. The Hall–Kier alpha value is -1.92. The second-order valence-electron chi connectivity index (χ2n) is 9.48. The molecule has 0 atom stereocenters. The van der Waals surface area contributed by atoms with Crippen molar-refractivity contribution < 1.29 is 13.2 Å². The molecule has 0 bridgehead atoms. The quantitative estimate of drug-likeness (QED) is 0.411. The van der Waals surface area contributed by atoms with Crippen molar-refractivity contribution in [2.24, 2.45) is 0 Å². The average molecular weight is 473 g/mol. The van der Waals surface area contributed by atoms with E-state index in [4.69, 9.17) is 0 Å². The van der Waals surface area contributed by atoms with E-state index >= 15 is 0 Å². The number of hydrogen-bond acceptors (Lipinski definition) is 3. The lowest BCUT2D eigenvalue weighted by Crippen LogP contribution is -2.39. The highest BCUT2D eigenvalue weighted by Gasteiger charge is 2.34. The van der Waals surface area contributed by atoms with Crippen LogP contribution in [0, 0.1) is 0 Å². The Labute approximate surface area is 198 Å². The molecular weight excluding hydrogens is 441 g/mol. The molecule has 0 radical (unpaired) electrons. The third kappa shape index (κ3) is 4.97. The fraction of sp³-hybridized carbons (Fsp3) is 0.481. The number of hydrogen-bond donors (Lipinski definition) is 1. The molecule has 5 rings (SSSR count). The number of anilines is 1. The first kappa shape index (κ1) is 22.9. The largest absolute Gasteiger partial charge is 0.416 e. The summed E-state index contributed by atoms with van der Waals surface area (Å²) in [5.74, 6) is 0. The van der Waals surface area contributed by atoms with Crippen LogP contribution in [0.15, 0.2) is 46.2 Å². The van der Waals surface area contributed by atoms with Gasteiger partial charge < -0.3 is 10.2 Å². The number of benzene rings is 2. The van der Waals surface area contributed by atoms with Gasteiger partial charge in [0.25, 0.3) is 0 Å². The lowest BCUT2D eigenvalue weighted by Gasteiger charge is -2.34. The molecule has 0 amide bonds. The lowest BCUT2D eigenvalue weighted by atomic mass is 9.96. The van der Waals surface area contributed by atoms with Crippen molar-refractivity contribution in [3.05, 3.63) is 58.7 Å². The molecule has 0 unspecified atom stereocenters. The van der Waals surface area contributed by atoms with E-state index in [-0.39, 0.29) is 6.04 Å². The average Bonchev–Trinajstić information content (AvgIpc) is 3.33. The van der Waals surface area contributed by atoms with Gasteiger partial charge in [0.15, 0.2) is 0 Å². The zero-order valence-corrected chi connectivity index (χ0v) is 19.9. The molecular formula is C27H31F3N2S. The van der Waals surface area contributed by atoms with E-state index in [1.54, 1.807) is 0 Å². The van der Waals surface area contributed by atoms with E-state index in [9.17, 15) is 13.2 Å². The maximum Gasteiger partial charge on any atom is 0.416 e. The normalized spacial score (nSPS) is 19.2. The topological polar surface area (TPSA) is 15.3 Å². The Morgan fingerprint density at radius 1 is 1.09 bits per heavy atom. The summed E-state index contributed by atoms with van der Waals surface area (Å²) in [5, 5.41) is 3.52. The van der Waals surface area contributed by atoms with E-state index in [0.29, 0.717) is 12.1 Å². The van der Waals surface area contributed by atoms with Crippen LogP contribution in [-0.2, 0) is 12.6 Å². The van der Waals surface area contributed by atoms with Crippen LogP contribution in [0.5, 0.6) is 0 Å². The summed E-state index contributed by atoms with van der Waals surface area (Å²) >= 11 is 1.49. The third-order valence-corrected chi connectivity index (χ3v) is 8.27. The Balaban J connectivity index is 1.43. The highest BCUT2D eigenvalue weighted by atomic mass is 32.2. The van der Waals surface area contributed by atoms with Crippen molar-refractivity contribution in [2.45, 2.75) is 73.9 Å². The summed E-state index contributed by atoms with van der Waals surface area (Å²) in [7, 11) is 0. The number of alkyl halides is 3. The summed E-state index contributed by atoms with van der Waals surface area (Å²) in [4.78, 5) is 4.27. The van der Waals surface area contributed by atoms with Gasteiger partial charge in [-0.15, -0.1) is 0 Å². The highest BCUT2D eigenvalue weighted by Crippen LogP contribution is 2.46. The van der Waals surface area contributed by atoms with Gasteiger partial charge in [-0.25, -0.2) is 0 Å². The van der Waals surface area contributed by atoms with Crippen LogP contribution in [-0.4, -0.2) is 30.6 Å². The smallest absolute Gasteiger partial charge is 0.382 e. The summed E-state index contributed by atoms with van der Waals surface area (Å²) < 4.78 is 41.3. The molecule has 6 heteroatoms. The fourth-order valence-electron chi connectivity index (χ4n) is 5.29. The van der Waals surface area contributed by atoms with E-state index in [2.05, 4.69) is 41.4 Å². The van der Waals surface area contributed by atoms with Crippen LogP contribution in [0.2, 0.25) is 0 Å². The fourth-order valence-corrected chi connectivity index (χ4v) is 6.47. The number of nitrogens with zero attached hydrogens (tertiary/aromatic N) is 1. The van der Waals surface area contributed by atoms with Gasteiger partial charge in [0, 0.05) is 41.0 Å². The molecule has 3 aliphatic rings. The number of rotatable bonds is 5. The number of fused-ring (bicyclic) bond motifs is 2. The molecule has 2 aromatic rings. The molecule has 1 N–H and O–H groups in total. The summed E-state index contributed by atoms with van der Waals surface area (Å²) in [6, 6.07) is 9.43. The predicted octanol–water partition coefficient (Wildman–Crippen LogP) is 7.61. The summed E-state index contributed by atoms with van der Waals surface area (Å²) in [6.07, 6.45) is 5.06. The molecule has 1 saturated heterocycles. The Bertz CT molecular complexity index is 1050. The first-order valence-electron chi connectivity index (χ1n) is 12.1. The van der Waals surface area contributed by atoms with Crippen molar-refractivity contribution in [3.63, 3.8) is 0 Å².